The first kappa shape index (κ1) is 21.4. The lowest BCUT2D eigenvalue weighted by Crippen LogP contribution is -2.29. The molecule has 2 rings (SSSR count). The molecule has 2 aromatic rings. The van der Waals surface area contributed by atoms with E-state index in [1.54, 1.807) is 24.3 Å². The topological polar surface area (TPSA) is 137 Å². The van der Waals surface area contributed by atoms with Crippen molar-refractivity contribution in [2.75, 3.05) is 17.7 Å². The second-order valence-electron chi connectivity index (χ2n) is 5.85. The fourth-order valence-corrected chi connectivity index (χ4v) is 3.42. The molecule has 0 aliphatic heterocycles. The van der Waals surface area contributed by atoms with Gasteiger partial charge in [-0.2, -0.15) is 5.26 Å². The maximum Gasteiger partial charge on any atom is 0.488 e. The molecular weight excluding hydrogens is 383 g/mol. The van der Waals surface area contributed by atoms with Gasteiger partial charge in [0, 0.05) is 6.42 Å². The van der Waals surface area contributed by atoms with Crippen LogP contribution in [-0.4, -0.2) is 44.0 Å². The highest BCUT2D eigenvalue weighted by Gasteiger charge is 2.19. The maximum absolute atomic E-state index is 12.2. The molecular formula is C18H19BN2O6S. The molecule has 0 saturated heterocycles. The fraction of sp³-hybridized carbons (Fsp3) is 0.222. The molecule has 8 nitrogen and oxygen atoms in total. The van der Waals surface area contributed by atoms with Crippen molar-refractivity contribution in [3.8, 4) is 6.07 Å². The van der Waals surface area contributed by atoms with E-state index in [2.05, 4.69) is 5.32 Å². The average Bonchev–Trinajstić information content (AvgIpc) is 2.68. The van der Waals surface area contributed by atoms with Gasteiger partial charge in [-0.1, -0.05) is 31.2 Å². The number of carbonyl (C=O) groups excluding carboxylic acids is 1. The van der Waals surface area contributed by atoms with E-state index in [0.29, 0.717) is 11.9 Å². The van der Waals surface area contributed by atoms with E-state index < -0.39 is 23.0 Å². The van der Waals surface area contributed by atoms with Crippen LogP contribution in [0.15, 0.2) is 47.4 Å². The Labute approximate surface area is 163 Å². The molecule has 0 atom stereocenters. The number of ether oxygens (including phenoxy) is 1. The highest BCUT2D eigenvalue weighted by atomic mass is 32.2. The van der Waals surface area contributed by atoms with Crippen LogP contribution in [0.4, 0.5) is 10.5 Å². The summed E-state index contributed by atoms with van der Waals surface area (Å²) < 4.78 is 29.4. The van der Waals surface area contributed by atoms with Crippen molar-refractivity contribution in [2.45, 2.75) is 18.2 Å². The smallest absolute Gasteiger partial charge is 0.449 e. The lowest BCUT2D eigenvalue weighted by molar-refractivity contribution is 0.163. The summed E-state index contributed by atoms with van der Waals surface area (Å²) in [7, 11) is -5.14. The van der Waals surface area contributed by atoms with Gasteiger partial charge in [0.15, 0.2) is 9.84 Å². The van der Waals surface area contributed by atoms with Gasteiger partial charge in [-0.15, -0.1) is 0 Å². The number of amides is 1. The van der Waals surface area contributed by atoms with Crippen LogP contribution in [0.25, 0.3) is 0 Å². The summed E-state index contributed by atoms with van der Waals surface area (Å²) in [6.45, 7) is 1.51. The molecule has 3 N–H and O–H groups in total. The molecule has 0 spiro atoms. The molecule has 0 aliphatic carbocycles. The number of anilines is 1. The fourth-order valence-electron chi connectivity index (χ4n) is 2.39. The first-order valence-corrected chi connectivity index (χ1v) is 10.1. The Morgan fingerprint density at radius 3 is 2.46 bits per heavy atom. The summed E-state index contributed by atoms with van der Waals surface area (Å²) in [5, 5.41) is 29.5. The van der Waals surface area contributed by atoms with Gasteiger partial charge in [-0.05, 0) is 29.2 Å². The minimum atomic E-state index is -3.59. The molecule has 0 aliphatic rings. The Balaban J connectivity index is 2.02. The van der Waals surface area contributed by atoms with Crippen molar-refractivity contribution in [3.05, 3.63) is 53.6 Å². The number of sulfone groups is 1. The standard InChI is InChI=1S/C18H19BN2O6S/c1-2-28(25,26)17-8-5-14(12-20)11-16(17)21-18(22)27-10-9-13-3-6-15(7-4-13)19(23)24/h3-8,11,23-24H,2,9-10H2,1H3,(H,21,22). The third-order valence-corrected chi connectivity index (χ3v) is 5.75. The van der Waals surface area contributed by atoms with Gasteiger partial charge in [-0.3, -0.25) is 5.32 Å². The summed E-state index contributed by atoms with van der Waals surface area (Å²) >= 11 is 0. The third kappa shape index (κ3) is 5.56. The van der Waals surface area contributed by atoms with Crippen LogP contribution >= 0.6 is 0 Å². The minimum Gasteiger partial charge on any atom is -0.449 e. The van der Waals surface area contributed by atoms with Crippen LogP contribution in [0.2, 0.25) is 0 Å². The predicted molar refractivity (Wildman–Crippen MR) is 104 cm³/mol. The van der Waals surface area contributed by atoms with Crippen molar-refractivity contribution < 1.29 is 28.0 Å². The summed E-state index contributed by atoms with van der Waals surface area (Å²) in [6.07, 6.45) is -0.460. The van der Waals surface area contributed by atoms with Crippen LogP contribution in [-0.2, 0) is 21.0 Å². The highest BCUT2D eigenvalue weighted by Crippen LogP contribution is 2.24. The van der Waals surface area contributed by atoms with E-state index in [9.17, 15) is 13.2 Å². The number of rotatable bonds is 7. The Bertz CT molecular complexity index is 984. The van der Waals surface area contributed by atoms with Gasteiger partial charge in [0.1, 0.15) is 0 Å². The van der Waals surface area contributed by atoms with E-state index in [0.717, 1.165) is 5.56 Å². The van der Waals surface area contributed by atoms with Crippen LogP contribution in [0.1, 0.15) is 18.1 Å². The van der Waals surface area contributed by atoms with Crippen molar-refractivity contribution in [3.63, 3.8) is 0 Å². The molecule has 1 amide bonds. The SMILES string of the molecule is CCS(=O)(=O)c1ccc(C#N)cc1NC(=O)OCCc1ccc(B(O)O)cc1. The number of hydrogen-bond donors (Lipinski definition) is 3. The quantitative estimate of drug-likeness (QED) is 0.583. The largest absolute Gasteiger partial charge is 0.488 e. The second kappa shape index (κ2) is 9.37. The van der Waals surface area contributed by atoms with Crippen molar-refractivity contribution in [2.24, 2.45) is 0 Å². The van der Waals surface area contributed by atoms with Gasteiger partial charge in [-0.25, -0.2) is 13.2 Å². The molecule has 146 valence electrons. The first-order chi connectivity index (χ1) is 13.3. The zero-order chi connectivity index (χ0) is 20.7. The summed E-state index contributed by atoms with van der Waals surface area (Å²) in [5.41, 5.74) is 1.37. The molecule has 28 heavy (non-hydrogen) atoms. The molecule has 2 aromatic carbocycles. The molecule has 0 unspecified atom stereocenters. The van der Waals surface area contributed by atoms with Gasteiger partial charge >= 0.3 is 13.2 Å². The van der Waals surface area contributed by atoms with Gasteiger partial charge in [0.05, 0.1) is 34.6 Å². The number of nitriles is 1. The zero-order valence-corrected chi connectivity index (χ0v) is 15.9. The van der Waals surface area contributed by atoms with Gasteiger partial charge in [0.2, 0.25) is 0 Å². The predicted octanol–water partition coefficient (Wildman–Crippen LogP) is 0.823. The third-order valence-electron chi connectivity index (χ3n) is 3.96. The van der Waals surface area contributed by atoms with E-state index in [1.165, 1.54) is 25.1 Å². The van der Waals surface area contributed by atoms with Gasteiger partial charge < -0.3 is 14.8 Å². The Hall–Kier alpha value is -2.87. The summed E-state index contributed by atoms with van der Waals surface area (Å²) in [5.74, 6) is -0.152. The monoisotopic (exact) mass is 402 g/mol. The second-order valence-corrected chi connectivity index (χ2v) is 8.10. The average molecular weight is 402 g/mol. The number of benzene rings is 2. The zero-order valence-electron chi connectivity index (χ0n) is 15.1. The molecule has 0 saturated carbocycles. The molecule has 0 aromatic heterocycles. The normalized spacial score (nSPS) is 10.8. The minimum absolute atomic E-state index is 0.00723. The summed E-state index contributed by atoms with van der Waals surface area (Å²) in [6, 6.07) is 12.3. The Morgan fingerprint density at radius 1 is 1.21 bits per heavy atom. The number of carbonyl (C=O) groups is 1. The molecule has 10 heteroatoms. The van der Waals surface area contributed by atoms with Crippen molar-refractivity contribution in [1.82, 2.24) is 0 Å². The van der Waals surface area contributed by atoms with Crippen molar-refractivity contribution in [1.29, 1.82) is 5.26 Å². The van der Waals surface area contributed by atoms with Gasteiger partial charge in [0.25, 0.3) is 0 Å². The van der Waals surface area contributed by atoms with Crippen LogP contribution in [0, 0.1) is 11.3 Å². The Morgan fingerprint density at radius 2 is 1.89 bits per heavy atom. The maximum atomic E-state index is 12.2. The van der Waals surface area contributed by atoms with E-state index in [4.69, 9.17) is 20.0 Å². The molecule has 0 heterocycles. The summed E-state index contributed by atoms with van der Waals surface area (Å²) in [4.78, 5) is 12.0. The van der Waals surface area contributed by atoms with E-state index in [1.807, 2.05) is 6.07 Å². The molecule has 0 radical (unpaired) electrons. The van der Waals surface area contributed by atoms with Crippen LogP contribution in [0.3, 0.4) is 0 Å². The van der Waals surface area contributed by atoms with E-state index in [-0.39, 0.29) is 28.5 Å². The lowest BCUT2D eigenvalue weighted by Gasteiger charge is -2.12. The van der Waals surface area contributed by atoms with E-state index >= 15 is 0 Å². The highest BCUT2D eigenvalue weighted by molar-refractivity contribution is 7.91. The van der Waals surface area contributed by atoms with Crippen LogP contribution in [0.5, 0.6) is 0 Å². The van der Waals surface area contributed by atoms with Crippen LogP contribution < -0.4 is 10.8 Å². The van der Waals surface area contributed by atoms with Crippen molar-refractivity contribution >= 4 is 34.2 Å². The molecule has 0 bridgehead atoms. The number of nitrogens with zero attached hydrogens (tertiary/aromatic N) is 1. The number of hydrogen-bond acceptors (Lipinski definition) is 7. The molecule has 0 fully saturated rings. The Kier molecular flexibility index (Phi) is 7.17. The lowest BCUT2D eigenvalue weighted by atomic mass is 9.80. The number of nitrogens with one attached hydrogen (secondary N) is 1. The first-order valence-electron chi connectivity index (χ1n) is 8.42.